The Bertz CT molecular complexity index is 1110. The van der Waals surface area contributed by atoms with Crippen LogP contribution in [-0.2, 0) is 10.0 Å². The van der Waals surface area contributed by atoms with Gasteiger partial charge in [-0.15, -0.1) is 0 Å². The van der Waals surface area contributed by atoms with Crippen molar-refractivity contribution in [2.24, 2.45) is 0 Å². The maximum atomic E-state index is 12.9. The van der Waals surface area contributed by atoms with Crippen LogP contribution in [0, 0.1) is 6.92 Å². The molecule has 0 saturated heterocycles. The Balaban J connectivity index is 2.09. The maximum absolute atomic E-state index is 12.9. The van der Waals surface area contributed by atoms with E-state index in [1.54, 1.807) is 32.2 Å². The van der Waals surface area contributed by atoms with Gasteiger partial charge >= 0.3 is 0 Å². The molecule has 6 nitrogen and oxygen atoms in total. The van der Waals surface area contributed by atoms with Gasteiger partial charge in [0.2, 0.25) is 0 Å². The molecule has 0 amide bonds. The van der Waals surface area contributed by atoms with E-state index in [9.17, 15) is 8.42 Å². The molecule has 2 aromatic carbocycles. The lowest BCUT2D eigenvalue weighted by Gasteiger charge is -2.09. The molecule has 1 heterocycles. The van der Waals surface area contributed by atoms with Crippen molar-refractivity contribution in [3.05, 3.63) is 58.3 Å². The maximum Gasteiger partial charge on any atom is 0.284 e. The summed E-state index contributed by atoms with van der Waals surface area (Å²) in [6.07, 6.45) is 1.44. The van der Waals surface area contributed by atoms with Crippen molar-refractivity contribution < 1.29 is 17.9 Å². The number of ether oxygens (including phenoxy) is 2. The molecule has 0 unspecified atom stereocenters. The van der Waals surface area contributed by atoms with Gasteiger partial charge in [-0.1, -0.05) is 29.3 Å². The number of aryl methyl sites for hydroxylation is 1. The van der Waals surface area contributed by atoms with Gasteiger partial charge in [0, 0.05) is 10.6 Å². The van der Waals surface area contributed by atoms with Gasteiger partial charge in [0.25, 0.3) is 10.0 Å². The summed E-state index contributed by atoms with van der Waals surface area (Å²) < 4.78 is 37.3. The Hall–Kier alpha value is -2.22. The first-order chi connectivity index (χ1) is 12.8. The van der Waals surface area contributed by atoms with Gasteiger partial charge in [-0.25, -0.2) is 0 Å². The highest BCUT2D eigenvalue weighted by Gasteiger charge is 2.23. The zero-order chi connectivity index (χ0) is 19.8. The van der Waals surface area contributed by atoms with E-state index in [0.717, 1.165) is 9.65 Å². The summed E-state index contributed by atoms with van der Waals surface area (Å²) in [5.41, 5.74) is 1.93. The molecule has 1 aromatic heterocycles. The number of hydrogen-bond donors (Lipinski definition) is 0. The first-order valence-electron chi connectivity index (χ1n) is 7.77. The topological polar surface area (TPSA) is 70.4 Å². The van der Waals surface area contributed by atoms with Gasteiger partial charge in [0.15, 0.2) is 11.5 Å². The van der Waals surface area contributed by atoms with Crippen molar-refractivity contribution in [3.63, 3.8) is 0 Å². The van der Waals surface area contributed by atoms with Crippen LogP contribution < -0.4 is 9.47 Å². The van der Waals surface area contributed by atoms with Crippen LogP contribution in [0.15, 0.2) is 47.5 Å². The van der Waals surface area contributed by atoms with E-state index in [4.69, 9.17) is 32.7 Å². The normalized spacial score (nSPS) is 11.4. The third-order valence-corrected chi connectivity index (χ3v) is 6.24. The standard InChI is InChI=1S/C18H16Cl2N2O4S/c1-11-14(12-4-6-16(25-2)17(8-12)26-3)10-22(21-11)27(23,24)18-7-5-13(19)9-15(18)20/h4-10H,1-3H3. The van der Waals surface area contributed by atoms with Gasteiger partial charge in [0.1, 0.15) is 4.90 Å². The van der Waals surface area contributed by atoms with Crippen LogP contribution >= 0.6 is 23.2 Å². The third-order valence-electron chi connectivity index (χ3n) is 3.99. The van der Waals surface area contributed by atoms with Crippen LogP contribution in [0.25, 0.3) is 11.1 Å². The minimum absolute atomic E-state index is 0.0309. The summed E-state index contributed by atoms with van der Waals surface area (Å²) in [6, 6.07) is 9.50. The molecule has 9 heteroatoms. The lowest BCUT2D eigenvalue weighted by atomic mass is 10.1. The average Bonchev–Trinajstić information content (AvgIpc) is 3.03. The molecular weight excluding hydrogens is 411 g/mol. The summed E-state index contributed by atoms with van der Waals surface area (Å²) >= 11 is 11.9. The van der Waals surface area contributed by atoms with Crippen molar-refractivity contribution in [1.29, 1.82) is 0 Å². The van der Waals surface area contributed by atoms with Crippen LogP contribution in [-0.4, -0.2) is 31.8 Å². The predicted molar refractivity (Wildman–Crippen MR) is 105 cm³/mol. The van der Waals surface area contributed by atoms with Gasteiger partial charge in [-0.2, -0.15) is 17.6 Å². The van der Waals surface area contributed by atoms with E-state index in [1.165, 1.54) is 31.5 Å². The molecule has 27 heavy (non-hydrogen) atoms. The lowest BCUT2D eigenvalue weighted by molar-refractivity contribution is 0.355. The SMILES string of the molecule is COc1ccc(-c2cn(S(=O)(=O)c3ccc(Cl)cc3Cl)nc2C)cc1OC. The van der Waals surface area contributed by atoms with Crippen molar-refractivity contribution >= 4 is 33.2 Å². The van der Waals surface area contributed by atoms with Crippen molar-refractivity contribution in [2.45, 2.75) is 11.8 Å². The molecule has 3 aromatic rings. The molecule has 0 fully saturated rings. The van der Waals surface area contributed by atoms with E-state index in [-0.39, 0.29) is 9.92 Å². The number of halogens is 2. The van der Waals surface area contributed by atoms with Crippen molar-refractivity contribution in [1.82, 2.24) is 9.19 Å². The van der Waals surface area contributed by atoms with Gasteiger partial charge in [-0.3, -0.25) is 0 Å². The highest BCUT2D eigenvalue weighted by Crippen LogP contribution is 2.34. The van der Waals surface area contributed by atoms with Crippen LogP contribution in [0.4, 0.5) is 0 Å². The summed E-state index contributed by atoms with van der Waals surface area (Å²) in [6.45, 7) is 1.72. The first-order valence-corrected chi connectivity index (χ1v) is 9.97. The van der Waals surface area contributed by atoms with E-state index >= 15 is 0 Å². The molecule has 3 rings (SSSR count). The Morgan fingerprint density at radius 1 is 1.00 bits per heavy atom. The summed E-state index contributed by atoms with van der Waals surface area (Å²) in [7, 11) is -0.888. The summed E-state index contributed by atoms with van der Waals surface area (Å²) in [4.78, 5) is -0.0741. The number of nitrogens with zero attached hydrogens (tertiary/aromatic N) is 2. The molecule has 0 aliphatic heterocycles. The van der Waals surface area contributed by atoms with Crippen LogP contribution in [0.5, 0.6) is 11.5 Å². The van der Waals surface area contributed by atoms with Gasteiger partial charge in [-0.05, 0) is 42.8 Å². The van der Waals surface area contributed by atoms with E-state index in [0.29, 0.717) is 27.8 Å². The number of benzene rings is 2. The van der Waals surface area contributed by atoms with Gasteiger partial charge in [0.05, 0.1) is 31.1 Å². The number of methoxy groups -OCH3 is 2. The molecule has 0 aliphatic rings. The summed E-state index contributed by atoms with van der Waals surface area (Å²) in [5.74, 6) is 1.11. The zero-order valence-corrected chi connectivity index (χ0v) is 17.1. The van der Waals surface area contributed by atoms with E-state index in [1.807, 2.05) is 0 Å². The number of rotatable bonds is 5. The number of hydrogen-bond acceptors (Lipinski definition) is 5. The second-order valence-corrected chi connectivity index (χ2v) is 8.26. The molecule has 0 saturated carbocycles. The molecule has 142 valence electrons. The zero-order valence-electron chi connectivity index (χ0n) is 14.7. The lowest BCUT2D eigenvalue weighted by Crippen LogP contribution is -2.14. The minimum atomic E-state index is -3.97. The molecule has 0 bridgehead atoms. The number of aromatic nitrogens is 2. The molecular formula is C18H16Cl2N2O4S. The van der Waals surface area contributed by atoms with Crippen molar-refractivity contribution in [3.8, 4) is 22.6 Å². The fraction of sp³-hybridized carbons (Fsp3) is 0.167. The quantitative estimate of drug-likeness (QED) is 0.603. The highest BCUT2D eigenvalue weighted by atomic mass is 35.5. The molecule has 0 aliphatic carbocycles. The molecule has 0 N–H and O–H groups in total. The van der Waals surface area contributed by atoms with E-state index in [2.05, 4.69) is 5.10 Å². The second-order valence-electron chi connectivity index (χ2n) is 5.65. The van der Waals surface area contributed by atoms with Gasteiger partial charge < -0.3 is 9.47 Å². The Morgan fingerprint density at radius 2 is 1.70 bits per heavy atom. The second kappa shape index (κ2) is 7.42. The Morgan fingerprint density at radius 3 is 2.33 bits per heavy atom. The summed E-state index contributed by atoms with van der Waals surface area (Å²) in [5, 5.41) is 4.54. The fourth-order valence-electron chi connectivity index (χ4n) is 2.63. The Kier molecular flexibility index (Phi) is 5.37. The average molecular weight is 427 g/mol. The smallest absolute Gasteiger partial charge is 0.284 e. The van der Waals surface area contributed by atoms with Crippen molar-refractivity contribution in [2.75, 3.05) is 14.2 Å². The fourth-order valence-corrected chi connectivity index (χ4v) is 4.55. The van der Waals surface area contributed by atoms with Crippen LogP contribution in [0.3, 0.4) is 0 Å². The highest BCUT2D eigenvalue weighted by molar-refractivity contribution is 7.90. The molecule has 0 spiro atoms. The van der Waals surface area contributed by atoms with Crippen LogP contribution in [0.1, 0.15) is 5.69 Å². The Labute approximate surface area is 167 Å². The molecule has 0 radical (unpaired) electrons. The first kappa shape index (κ1) is 19.5. The monoisotopic (exact) mass is 426 g/mol. The van der Waals surface area contributed by atoms with E-state index < -0.39 is 10.0 Å². The largest absolute Gasteiger partial charge is 0.493 e. The predicted octanol–water partition coefficient (Wildman–Crippen LogP) is 4.42. The molecule has 0 atom stereocenters. The van der Waals surface area contributed by atoms with Crippen LogP contribution in [0.2, 0.25) is 10.0 Å². The minimum Gasteiger partial charge on any atom is -0.493 e. The third kappa shape index (κ3) is 3.63.